The molecule has 0 radical (unpaired) electrons. The number of carbonyl (C=O) groups is 1. The number of fused-ring (bicyclic) bond motifs is 4. The zero-order valence-electron chi connectivity index (χ0n) is 21.0. The predicted molar refractivity (Wildman–Crippen MR) is 132 cm³/mol. The molecule has 0 heterocycles. The summed E-state index contributed by atoms with van der Waals surface area (Å²) in [4.78, 5) is 12.9. The highest BCUT2D eigenvalue weighted by Gasteiger charge is 2.58. The van der Waals surface area contributed by atoms with E-state index in [2.05, 4.69) is 33.8 Å². The molecular weight excluding hydrogens is 408 g/mol. The second-order valence-corrected chi connectivity index (χ2v) is 12.2. The standard InChI is InChI=1S/C30H40O3/c1-19(31)22-12-13-23-21-11-14-25-28(2,3)26(33-27(32)20-9-7-6-8-10-20)16-18-30(25,5)24(21)15-17-29(22,23)4/h6-10,13,19,22,25-26,31H,11-12,14-18H2,1-5H3/t19-,22+,25-,26-,29+,30+/m0/s1. The zero-order chi connectivity index (χ0) is 23.6. The number of aliphatic hydroxyl groups is 1. The minimum absolute atomic E-state index is 0.0513. The lowest BCUT2D eigenvalue weighted by Gasteiger charge is -2.59. The molecular formula is C30H40O3. The van der Waals surface area contributed by atoms with Gasteiger partial charge in [-0.3, -0.25) is 0 Å². The molecule has 6 atom stereocenters. The minimum Gasteiger partial charge on any atom is -0.458 e. The topological polar surface area (TPSA) is 46.5 Å². The maximum absolute atomic E-state index is 12.9. The van der Waals surface area contributed by atoms with Gasteiger partial charge in [0.05, 0.1) is 11.7 Å². The van der Waals surface area contributed by atoms with Crippen molar-refractivity contribution in [3.05, 3.63) is 58.7 Å². The van der Waals surface area contributed by atoms with E-state index >= 15 is 0 Å². The number of benzene rings is 1. The van der Waals surface area contributed by atoms with Crippen molar-refractivity contribution in [2.45, 2.75) is 91.8 Å². The first kappa shape index (κ1) is 22.9. The Balaban J connectivity index is 1.42. The molecule has 33 heavy (non-hydrogen) atoms. The van der Waals surface area contributed by atoms with Crippen molar-refractivity contribution in [2.75, 3.05) is 0 Å². The van der Waals surface area contributed by atoms with Gasteiger partial charge in [0, 0.05) is 5.41 Å². The highest BCUT2D eigenvalue weighted by molar-refractivity contribution is 5.89. The molecule has 4 aliphatic carbocycles. The fraction of sp³-hybridized carbons (Fsp3) is 0.633. The molecule has 0 amide bonds. The van der Waals surface area contributed by atoms with Crippen LogP contribution in [0.2, 0.25) is 0 Å². The largest absolute Gasteiger partial charge is 0.458 e. The molecule has 0 bridgehead atoms. The third kappa shape index (κ3) is 3.37. The van der Waals surface area contributed by atoms with Crippen LogP contribution in [0.3, 0.4) is 0 Å². The number of hydrogen-bond donors (Lipinski definition) is 1. The summed E-state index contributed by atoms with van der Waals surface area (Å²) in [6.07, 6.45) is 9.69. The summed E-state index contributed by atoms with van der Waals surface area (Å²) >= 11 is 0. The van der Waals surface area contributed by atoms with Crippen LogP contribution in [0.25, 0.3) is 0 Å². The first-order valence-electron chi connectivity index (χ1n) is 13.0. The Morgan fingerprint density at radius 1 is 1.03 bits per heavy atom. The minimum atomic E-state index is -0.258. The van der Waals surface area contributed by atoms with Crippen molar-refractivity contribution >= 4 is 5.97 Å². The third-order valence-electron chi connectivity index (χ3n) is 10.2. The maximum atomic E-state index is 12.9. The SMILES string of the molecule is C[C@H](O)[C@H]1CC=C2C3=C(CC[C@@]21C)[C@@]1(C)CC[C@H](OC(=O)c2ccccc2)C(C)(C)[C@@H]1CC3. The van der Waals surface area contributed by atoms with Crippen LogP contribution in [0.1, 0.15) is 89.9 Å². The molecule has 1 aromatic rings. The molecule has 1 N–H and O–H groups in total. The summed E-state index contributed by atoms with van der Waals surface area (Å²) < 4.78 is 6.15. The molecule has 3 nitrogen and oxygen atoms in total. The number of esters is 1. The molecule has 178 valence electrons. The van der Waals surface area contributed by atoms with Crippen LogP contribution in [-0.4, -0.2) is 23.3 Å². The van der Waals surface area contributed by atoms with E-state index in [1.807, 2.05) is 37.3 Å². The second kappa shape index (κ2) is 7.83. The summed E-state index contributed by atoms with van der Waals surface area (Å²) in [7, 11) is 0. The Kier molecular flexibility index (Phi) is 5.44. The van der Waals surface area contributed by atoms with Crippen molar-refractivity contribution < 1.29 is 14.6 Å². The Bertz CT molecular complexity index is 1000. The van der Waals surface area contributed by atoms with Crippen LogP contribution >= 0.6 is 0 Å². The second-order valence-electron chi connectivity index (χ2n) is 12.2. The van der Waals surface area contributed by atoms with Crippen LogP contribution in [-0.2, 0) is 4.74 Å². The van der Waals surface area contributed by atoms with Crippen LogP contribution in [0.4, 0.5) is 0 Å². The van der Waals surface area contributed by atoms with Gasteiger partial charge in [-0.05, 0) is 97.8 Å². The lowest BCUT2D eigenvalue weighted by atomic mass is 9.46. The van der Waals surface area contributed by atoms with Crippen molar-refractivity contribution in [3.63, 3.8) is 0 Å². The van der Waals surface area contributed by atoms with Crippen molar-refractivity contribution in [1.29, 1.82) is 0 Å². The summed E-state index contributed by atoms with van der Waals surface area (Å²) in [6, 6.07) is 9.40. The van der Waals surface area contributed by atoms with Crippen molar-refractivity contribution in [3.8, 4) is 0 Å². The molecule has 4 aliphatic rings. The molecule has 0 unspecified atom stereocenters. The van der Waals surface area contributed by atoms with E-state index in [1.54, 1.807) is 16.7 Å². The summed E-state index contributed by atoms with van der Waals surface area (Å²) in [5.41, 5.74) is 5.69. The third-order valence-corrected chi connectivity index (χ3v) is 10.2. The van der Waals surface area contributed by atoms with E-state index in [-0.39, 0.29) is 34.4 Å². The maximum Gasteiger partial charge on any atom is 0.338 e. The Labute approximate surface area is 199 Å². The smallest absolute Gasteiger partial charge is 0.338 e. The number of rotatable bonds is 3. The van der Waals surface area contributed by atoms with Gasteiger partial charge in [0.2, 0.25) is 0 Å². The molecule has 0 spiro atoms. The van der Waals surface area contributed by atoms with Crippen molar-refractivity contribution in [2.24, 2.45) is 28.1 Å². The molecule has 1 saturated carbocycles. The van der Waals surface area contributed by atoms with Gasteiger partial charge in [-0.1, -0.05) is 57.5 Å². The Morgan fingerprint density at radius 3 is 2.45 bits per heavy atom. The molecule has 0 saturated heterocycles. The Hall–Kier alpha value is -1.87. The first-order valence-corrected chi connectivity index (χ1v) is 13.0. The van der Waals surface area contributed by atoms with E-state index < -0.39 is 0 Å². The highest BCUT2D eigenvalue weighted by Crippen LogP contribution is 2.66. The van der Waals surface area contributed by atoms with Gasteiger partial charge < -0.3 is 9.84 Å². The number of ether oxygens (including phenoxy) is 1. The predicted octanol–water partition coefficient (Wildman–Crippen LogP) is 6.87. The van der Waals surface area contributed by atoms with Crippen LogP contribution < -0.4 is 0 Å². The normalized spacial score (nSPS) is 38.0. The van der Waals surface area contributed by atoms with E-state index in [4.69, 9.17) is 4.74 Å². The molecule has 0 aliphatic heterocycles. The van der Waals surface area contributed by atoms with Gasteiger partial charge in [0.15, 0.2) is 0 Å². The van der Waals surface area contributed by atoms with Gasteiger partial charge in [-0.2, -0.15) is 0 Å². The molecule has 0 aromatic heterocycles. The van der Waals surface area contributed by atoms with Gasteiger partial charge in [-0.25, -0.2) is 4.79 Å². The van der Waals surface area contributed by atoms with Crippen LogP contribution in [0, 0.1) is 28.1 Å². The number of carbonyl (C=O) groups excluding carboxylic acids is 1. The average Bonchev–Trinajstić information content (AvgIpc) is 3.14. The summed E-state index contributed by atoms with van der Waals surface area (Å²) in [5, 5.41) is 10.5. The zero-order valence-corrected chi connectivity index (χ0v) is 21.0. The van der Waals surface area contributed by atoms with E-state index in [0.717, 1.165) is 44.9 Å². The number of aliphatic hydroxyl groups excluding tert-OH is 1. The van der Waals surface area contributed by atoms with Gasteiger partial charge >= 0.3 is 5.97 Å². The van der Waals surface area contributed by atoms with Crippen molar-refractivity contribution in [1.82, 2.24) is 0 Å². The molecule has 1 fully saturated rings. The molecule has 1 aromatic carbocycles. The van der Waals surface area contributed by atoms with Gasteiger partial charge in [0.25, 0.3) is 0 Å². The van der Waals surface area contributed by atoms with Crippen LogP contribution in [0.15, 0.2) is 53.1 Å². The van der Waals surface area contributed by atoms with Gasteiger partial charge in [0.1, 0.15) is 6.10 Å². The first-order chi connectivity index (χ1) is 15.6. The lowest BCUT2D eigenvalue weighted by Crippen LogP contribution is -2.54. The Morgan fingerprint density at radius 2 is 1.76 bits per heavy atom. The van der Waals surface area contributed by atoms with Crippen LogP contribution in [0.5, 0.6) is 0 Å². The fourth-order valence-corrected chi connectivity index (χ4v) is 8.41. The van der Waals surface area contributed by atoms with E-state index in [1.165, 1.54) is 0 Å². The lowest BCUT2D eigenvalue weighted by molar-refractivity contribution is -0.0994. The fourth-order valence-electron chi connectivity index (χ4n) is 8.41. The monoisotopic (exact) mass is 448 g/mol. The summed E-state index contributed by atoms with van der Waals surface area (Å²) in [6.45, 7) is 11.5. The molecule has 3 heteroatoms. The number of hydrogen-bond acceptors (Lipinski definition) is 3. The number of allylic oxidation sites excluding steroid dienone is 4. The molecule has 5 rings (SSSR count). The average molecular weight is 449 g/mol. The van der Waals surface area contributed by atoms with E-state index in [0.29, 0.717) is 17.4 Å². The van der Waals surface area contributed by atoms with E-state index in [9.17, 15) is 9.90 Å². The summed E-state index contributed by atoms with van der Waals surface area (Å²) in [5.74, 6) is 0.656. The quantitative estimate of drug-likeness (QED) is 0.513. The highest BCUT2D eigenvalue weighted by atomic mass is 16.5. The van der Waals surface area contributed by atoms with Gasteiger partial charge in [-0.15, -0.1) is 0 Å².